The zero-order chi connectivity index (χ0) is 9.45. The average Bonchev–Trinajstić information content (AvgIpc) is 2.38. The molecule has 0 saturated carbocycles. The molecule has 0 atom stereocenters. The molecule has 0 radical (unpaired) electrons. The maximum Gasteiger partial charge on any atom is 0.101 e. The Morgan fingerprint density at radius 3 is 1.75 bits per heavy atom. The zero-order valence-corrected chi connectivity index (χ0v) is 8.64. The summed E-state index contributed by atoms with van der Waals surface area (Å²) in [6.45, 7) is 3.61. The van der Waals surface area contributed by atoms with Gasteiger partial charge in [0.1, 0.15) is 6.54 Å². The molecule has 1 rings (SSSR count). The van der Waals surface area contributed by atoms with Crippen molar-refractivity contribution in [2.45, 2.75) is 12.8 Å². The van der Waals surface area contributed by atoms with Crippen molar-refractivity contribution < 1.29 is 9.59 Å². The SMILES string of the molecule is C1CCNC1.C[N+](C)(C)CCO. The van der Waals surface area contributed by atoms with E-state index in [2.05, 4.69) is 26.5 Å². The lowest BCUT2D eigenvalue weighted by atomic mass is 10.4. The molecule has 0 amide bonds. The van der Waals surface area contributed by atoms with Crippen molar-refractivity contribution in [1.29, 1.82) is 0 Å². The molecule has 74 valence electrons. The Labute approximate surface area is 76.0 Å². The maximum atomic E-state index is 8.39. The van der Waals surface area contributed by atoms with Crippen molar-refractivity contribution >= 4 is 0 Å². The lowest BCUT2D eigenvalue weighted by Gasteiger charge is -2.21. The first-order valence-corrected chi connectivity index (χ1v) is 4.68. The highest BCUT2D eigenvalue weighted by Gasteiger charge is 2.02. The number of hydrogen-bond donors (Lipinski definition) is 2. The Balaban J connectivity index is 0.000000211. The van der Waals surface area contributed by atoms with Crippen LogP contribution < -0.4 is 5.32 Å². The Bertz CT molecular complexity index is 87.6. The van der Waals surface area contributed by atoms with Gasteiger partial charge in [-0.15, -0.1) is 0 Å². The van der Waals surface area contributed by atoms with E-state index in [0.29, 0.717) is 0 Å². The molecule has 3 heteroatoms. The van der Waals surface area contributed by atoms with Crippen LogP contribution in [0.15, 0.2) is 0 Å². The minimum Gasteiger partial charge on any atom is -0.391 e. The molecular weight excluding hydrogens is 152 g/mol. The van der Waals surface area contributed by atoms with Gasteiger partial charge in [-0.2, -0.15) is 0 Å². The van der Waals surface area contributed by atoms with E-state index < -0.39 is 0 Å². The largest absolute Gasteiger partial charge is 0.391 e. The van der Waals surface area contributed by atoms with Crippen molar-refractivity contribution in [2.24, 2.45) is 0 Å². The van der Waals surface area contributed by atoms with E-state index in [1.54, 1.807) is 0 Å². The minimum atomic E-state index is 0.281. The predicted molar refractivity (Wildman–Crippen MR) is 52.1 cm³/mol. The third kappa shape index (κ3) is 9.88. The van der Waals surface area contributed by atoms with E-state index in [0.717, 1.165) is 11.0 Å². The molecule has 0 aromatic heterocycles. The number of aliphatic hydroxyl groups excluding tert-OH is 1. The number of rotatable bonds is 2. The van der Waals surface area contributed by atoms with Gasteiger partial charge in [0.25, 0.3) is 0 Å². The van der Waals surface area contributed by atoms with Crippen molar-refractivity contribution in [3.63, 3.8) is 0 Å². The van der Waals surface area contributed by atoms with Crippen molar-refractivity contribution in [1.82, 2.24) is 5.32 Å². The van der Waals surface area contributed by atoms with Crippen LogP contribution in [-0.2, 0) is 0 Å². The number of nitrogens with zero attached hydrogens (tertiary/aromatic N) is 1. The summed E-state index contributed by atoms with van der Waals surface area (Å²) >= 11 is 0. The Morgan fingerprint density at radius 1 is 1.17 bits per heavy atom. The lowest BCUT2D eigenvalue weighted by Crippen LogP contribution is -2.36. The fraction of sp³-hybridized carbons (Fsp3) is 1.00. The molecule has 1 fully saturated rings. The smallest absolute Gasteiger partial charge is 0.101 e. The van der Waals surface area contributed by atoms with Gasteiger partial charge in [0.05, 0.1) is 27.7 Å². The van der Waals surface area contributed by atoms with Crippen LogP contribution in [0.3, 0.4) is 0 Å². The fourth-order valence-corrected chi connectivity index (χ4v) is 0.925. The highest BCUT2D eigenvalue weighted by Crippen LogP contribution is 1.90. The fourth-order valence-electron chi connectivity index (χ4n) is 0.925. The molecule has 0 spiro atoms. The molecule has 1 saturated heterocycles. The van der Waals surface area contributed by atoms with Crippen LogP contribution in [0.1, 0.15) is 12.8 Å². The number of quaternary nitrogens is 1. The van der Waals surface area contributed by atoms with Crippen molar-refractivity contribution in [3.8, 4) is 0 Å². The molecule has 0 aliphatic carbocycles. The van der Waals surface area contributed by atoms with Gasteiger partial charge in [-0.05, 0) is 25.9 Å². The van der Waals surface area contributed by atoms with Gasteiger partial charge in [-0.1, -0.05) is 0 Å². The first kappa shape index (κ1) is 11.9. The van der Waals surface area contributed by atoms with Gasteiger partial charge in [-0.25, -0.2) is 0 Å². The molecule has 0 unspecified atom stereocenters. The second kappa shape index (κ2) is 6.40. The van der Waals surface area contributed by atoms with Crippen LogP contribution in [0.2, 0.25) is 0 Å². The first-order chi connectivity index (χ1) is 5.56. The van der Waals surface area contributed by atoms with E-state index in [1.165, 1.54) is 25.9 Å². The van der Waals surface area contributed by atoms with Gasteiger partial charge in [0.2, 0.25) is 0 Å². The first-order valence-electron chi connectivity index (χ1n) is 4.68. The predicted octanol–water partition coefficient (Wildman–Crippen LogP) is 0.0547. The summed E-state index contributed by atoms with van der Waals surface area (Å²) < 4.78 is 0.844. The van der Waals surface area contributed by atoms with Gasteiger partial charge in [-0.3, -0.25) is 0 Å². The number of likely N-dealkylation sites (N-methyl/N-ethyl adjacent to an activating group) is 1. The summed E-state index contributed by atoms with van der Waals surface area (Å²) in [5, 5.41) is 11.6. The monoisotopic (exact) mass is 175 g/mol. The average molecular weight is 175 g/mol. The summed E-state index contributed by atoms with van der Waals surface area (Å²) in [5.74, 6) is 0. The van der Waals surface area contributed by atoms with E-state index in [-0.39, 0.29) is 6.61 Å². The molecule has 1 heterocycles. The summed E-state index contributed by atoms with van der Waals surface area (Å²) in [6, 6.07) is 0. The van der Waals surface area contributed by atoms with Crippen LogP contribution in [0, 0.1) is 0 Å². The Hall–Kier alpha value is -0.120. The lowest BCUT2D eigenvalue weighted by molar-refractivity contribution is -0.870. The summed E-state index contributed by atoms with van der Waals surface area (Å²) in [7, 11) is 6.16. The van der Waals surface area contributed by atoms with Crippen LogP contribution >= 0.6 is 0 Å². The second-order valence-electron chi connectivity index (χ2n) is 4.19. The summed E-state index contributed by atoms with van der Waals surface area (Å²) in [5.41, 5.74) is 0. The molecule has 1 aliphatic heterocycles. The number of nitrogens with one attached hydrogen (secondary N) is 1. The van der Waals surface area contributed by atoms with Crippen LogP contribution in [-0.4, -0.2) is 57.0 Å². The number of hydrogen-bond acceptors (Lipinski definition) is 2. The van der Waals surface area contributed by atoms with Crippen LogP contribution in [0.4, 0.5) is 0 Å². The van der Waals surface area contributed by atoms with Gasteiger partial charge >= 0.3 is 0 Å². The van der Waals surface area contributed by atoms with Gasteiger partial charge in [0.15, 0.2) is 0 Å². The van der Waals surface area contributed by atoms with E-state index >= 15 is 0 Å². The highest BCUT2D eigenvalue weighted by molar-refractivity contribution is 4.55. The molecule has 1 aliphatic rings. The van der Waals surface area contributed by atoms with Crippen LogP contribution in [0.5, 0.6) is 0 Å². The summed E-state index contributed by atoms with van der Waals surface area (Å²) in [6.07, 6.45) is 2.78. The van der Waals surface area contributed by atoms with E-state index in [9.17, 15) is 0 Å². The van der Waals surface area contributed by atoms with E-state index in [4.69, 9.17) is 5.11 Å². The molecule has 2 N–H and O–H groups in total. The third-order valence-corrected chi connectivity index (χ3v) is 1.73. The normalized spacial score (nSPS) is 17.0. The molecule has 3 nitrogen and oxygen atoms in total. The standard InChI is InChI=1S/C5H14NO.C4H9N/c1-6(2,3)4-5-7;1-2-4-5-3-1/h7H,4-5H2,1-3H3;5H,1-4H2/q+1;. The maximum absolute atomic E-state index is 8.39. The highest BCUT2D eigenvalue weighted by atomic mass is 16.3. The van der Waals surface area contributed by atoms with Crippen molar-refractivity contribution in [3.05, 3.63) is 0 Å². The summed E-state index contributed by atoms with van der Waals surface area (Å²) in [4.78, 5) is 0. The van der Waals surface area contributed by atoms with E-state index in [1.807, 2.05) is 0 Å². The van der Waals surface area contributed by atoms with Crippen LogP contribution in [0.25, 0.3) is 0 Å². The number of aliphatic hydroxyl groups is 1. The Morgan fingerprint density at radius 2 is 1.67 bits per heavy atom. The second-order valence-corrected chi connectivity index (χ2v) is 4.19. The molecule has 0 aromatic rings. The molecular formula is C9H23N2O+. The molecule has 0 aromatic carbocycles. The zero-order valence-electron chi connectivity index (χ0n) is 8.64. The quantitative estimate of drug-likeness (QED) is 0.581. The van der Waals surface area contributed by atoms with Crippen molar-refractivity contribution in [2.75, 3.05) is 47.4 Å². The Kier molecular flexibility index (Phi) is 6.34. The topological polar surface area (TPSA) is 32.3 Å². The molecule has 12 heavy (non-hydrogen) atoms. The van der Waals surface area contributed by atoms with Gasteiger partial charge in [0, 0.05) is 0 Å². The minimum absolute atomic E-state index is 0.281. The third-order valence-electron chi connectivity index (χ3n) is 1.73. The van der Waals surface area contributed by atoms with Gasteiger partial charge < -0.3 is 14.9 Å². The molecule has 0 bridgehead atoms.